The minimum Gasteiger partial charge on any atom is -0.624 e. The van der Waals surface area contributed by atoms with Crippen LogP contribution in [0.4, 0.5) is 0 Å². The maximum absolute atomic E-state index is 12.2. The molecule has 0 radical (unpaired) electrons. The monoisotopic (exact) mass is 301 g/mol. The number of ketones is 1. The molecule has 0 fully saturated rings. The van der Waals surface area contributed by atoms with Gasteiger partial charge in [-0.2, -0.15) is 0 Å². The molecule has 108 valence electrons. The number of rotatable bonds is 5. The summed E-state index contributed by atoms with van der Waals surface area (Å²) < 4.78 is 0.786. The Labute approximate surface area is 129 Å². The first-order valence-corrected chi connectivity index (χ1v) is 7.07. The van der Waals surface area contributed by atoms with Crippen LogP contribution in [-0.4, -0.2) is 23.3 Å². The van der Waals surface area contributed by atoms with E-state index < -0.39 is 0 Å². The first-order valence-electron chi connectivity index (χ1n) is 6.70. The van der Waals surface area contributed by atoms with E-state index in [2.05, 4.69) is 0 Å². The molecule has 21 heavy (non-hydrogen) atoms. The van der Waals surface area contributed by atoms with Gasteiger partial charge in [0.05, 0.1) is 5.92 Å². The molecule has 0 aliphatic carbocycles. The van der Waals surface area contributed by atoms with Crippen LogP contribution in [0.3, 0.4) is 0 Å². The average molecular weight is 302 g/mol. The van der Waals surface area contributed by atoms with Crippen LogP contribution in [0, 0.1) is 11.1 Å². The van der Waals surface area contributed by atoms with E-state index in [-0.39, 0.29) is 18.2 Å². The molecule has 1 unspecified atom stereocenters. The van der Waals surface area contributed by atoms with Crippen molar-refractivity contribution in [1.82, 2.24) is 0 Å². The molecule has 2 aromatic carbocycles. The Morgan fingerprint density at radius 3 is 2.43 bits per heavy atom. The zero-order valence-electron chi connectivity index (χ0n) is 11.7. The van der Waals surface area contributed by atoms with Crippen molar-refractivity contribution in [1.29, 1.82) is 0 Å². The lowest BCUT2D eigenvalue weighted by Crippen LogP contribution is -2.22. The molecular formula is C17H16ClNO2. The van der Waals surface area contributed by atoms with Gasteiger partial charge in [0.1, 0.15) is 0 Å². The van der Waals surface area contributed by atoms with E-state index >= 15 is 0 Å². The molecule has 0 spiro atoms. The summed E-state index contributed by atoms with van der Waals surface area (Å²) in [6.45, 7) is 1.88. The molecule has 0 aliphatic rings. The number of hydrogen-bond acceptors (Lipinski definition) is 2. The lowest BCUT2D eigenvalue weighted by molar-refractivity contribution is -0.457. The number of nitrogens with zero attached hydrogens (tertiary/aromatic N) is 1. The van der Waals surface area contributed by atoms with Gasteiger partial charge in [-0.05, 0) is 31.2 Å². The zero-order valence-corrected chi connectivity index (χ0v) is 12.5. The Hall–Kier alpha value is -2.13. The van der Waals surface area contributed by atoms with E-state index in [9.17, 15) is 10.0 Å². The number of carbonyl (C=O) groups is 1. The highest BCUT2D eigenvalue weighted by Crippen LogP contribution is 2.10. The average Bonchev–Trinajstić information content (AvgIpc) is 2.49. The van der Waals surface area contributed by atoms with Crippen molar-refractivity contribution in [2.45, 2.75) is 6.92 Å². The number of hydrogen-bond donors (Lipinski definition) is 0. The van der Waals surface area contributed by atoms with E-state index in [0.29, 0.717) is 10.6 Å². The standard InChI is InChI=1S/C17H16ClNO2/c1-13(17(20)15-5-3-2-4-6-15)11-19(21)12-14-7-9-16(18)10-8-14/h2-10,12-13H,11H2,1H3. The molecule has 0 bridgehead atoms. The third kappa shape index (κ3) is 4.43. The molecule has 3 nitrogen and oxygen atoms in total. The van der Waals surface area contributed by atoms with Crippen molar-refractivity contribution in [2.24, 2.45) is 5.92 Å². The highest BCUT2D eigenvalue weighted by atomic mass is 35.5. The summed E-state index contributed by atoms with van der Waals surface area (Å²) in [5, 5.41) is 12.5. The Kier molecular flexibility index (Phi) is 5.12. The van der Waals surface area contributed by atoms with Crippen LogP contribution in [-0.2, 0) is 0 Å². The van der Waals surface area contributed by atoms with Crippen molar-refractivity contribution >= 4 is 23.6 Å². The van der Waals surface area contributed by atoms with Crippen LogP contribution in [0.2, 0.25) is 5.02 Å². The lowest BCUT2D eigenvalue weighted by atomic mass is 9.99. The summed E-state index contributed by atoms with van der Waals surface area (Å²) in [5.74, 6) is -0.394. The summed E-state index contributed by atoms with van der Waals surface area (Å²) in [6.07, 6.45) is 1.46. The van der Waals surface area contributed by atoms with Gasteiger partial charge in [0.15, 0.2) is 18.5 Å². The Morgan fingerprint density at radius 1 is 1.19 bits per heavy atom. The normalized spacial score (nSPS) is 13.0. The van der Waals surface area contributed by atoms with Crippen LogP contribution in [0.25, 0.3) is 0 Å². The second-order valence-corrected chi connectivity index (χ2v) is 5.35. The van der Waals surface area contributed by atoms with Gasteiger partial charge < -0.3 is 5.21 Å². The van der Waals surface area contributed by atoms with Crippen LogP contribution in [0.15, 0.2) is 54.6 Å². The molecule has 0 saturated heterocycles. The van der Waals surface area contributed by atoms with Crippen molar-refractivity contribution in [3.63, 3.8) is 0 Å². The quantitative estimate of drug-likeness (QED) is 0.277. The van der Waals surface area contributed by atoms with E-state index in [1.165, 1.54) is 6.21 Å². The zero-order chi connectivity index (χ0) is 15.2. The van der Waals surface area contributed by atoms with E-state index in [0.717, 1.165) is 10.3 Å². The summed E-state index contributed by atoms with van der Waals surface area (Å²) in [5.41, 5.74) is 1.39. The van der Waals surface area contributed by atoms with Crippen LogP contribution < -0.4 is 0 Å². The Morgan fingerprint density at radius 2 is 1.81 bits per heavy atom. The van der Waals surface area contributed by atoms with E-state index in [1.54, 1.807) is 43.3 Å². The first-order chi connectivity index (χ1) is 10.1. The summed E-state index contributed by atoms with van der Waals surface area (Å²) >= 11 is 5.79. The van der Waals surface area contributed by atoms with Crippen LogP contribution >= 0.6 is 11.6 Å². The Bertz CT molecular complexity index is 636. The molecule has 4 heteroatoms. The molecule has 0 aliphatic heterocycles. The molecule has 2 aromatic rings. The van der Waals surface area contributed by atoms with Gasteiger partial charge >= 0.3 is 0 Å². The van der Waals surface area contributed by atoms with Crippen molar-refractivity contribution in [3.05, 3.63) is 76.0 Å². The van der Waals surface area contributed by atoms with E-state index in [1.807, 2.05) is 18.2 Å². The number of halogens is 1. The largest absolute Gasteiger partial charge is 0.624 e. The maximum atomic E-state index is 12.2. The van der Waals surface area contributed by atoms with Gasteiger partial charge in [-0.1, -0.05) is 41.9 Å². The van der Waals surface area contributed by atoms with Crippen molar-refractivity contribution < 1.29 is 9.53 Å². The van der Waals surface area contributed by atoms with Crippen LogP contribution in [0.5, 0.6) is 0 Å². The predicted molar refractivity (Wildman–Crippen MR) is 85.0 cm³/mol. The smallest absolute Gasteiger partial charge is 0.181 e. The molecule has 1 atom stereocenters. The second-order valence-electron chi connectivity index (χ2n) is 4.91. The minimum absolute atomic E-state index is 0.0269. The molecule has 0 aromatic heterocycles. The number of Topliss-reactive ketones (excluding diaryl/α,β-unsaturated/α-hetero) is 1. The highest BCUT2D eigenvalue weighted by Gasteiger charge is 2.18. The third-order valence-electron chi connectivity index (χ3n) is 3.12. The van der Waals surface area contributed by atoms with Gasteiger partial charge in [0.25, 0.3) is 0 Å². The van der Waals surface area contributed by atoms with Gasteiger partial charge in [-0.15, -0.1) is 0 Å². The third-order valence-corrected chi connectivity index (χ3v) is 3.37. The SMILES string of the molecule is CC(C[N+]([O-])=Cc1ccc(Cl)cc1)C(=O)c1ccccc1. The second kappa shape index (κ2) is 7.04. The van der Waals surface area contributed by atoms with E-state index in [4.69, 9.17) is 11.6 Å². The highest BCUT2D eigenvalue weighted by molar-refractivity contribution is 6.30. The van der Waals surface area contributed by atoms with Gasteiger partial charge in [-0.25, -0.2) is 4.74 Å². The molecule has 2 rings (SSSR count). The number of benzene rings is 2. The topological polar surface area (TPSA) is 43.1 Å². The number of carbonyl (C=O) groups excluding carboxylic acids is 1. The lowest BCUT2D eigenvalue weighted by Gasteiger charge is -2.10. The van der Waals surface area contributed by atoms with Gasteiger partial charge in [0, 0.05) is 16.1 Å². The minimum atomic E-state index is -0.367. The first kappa shape index (κ1) is 15.3. The molecule has 0 heterocycles. The van der Waals surface area contributed by atoms with Crippen molar-refractivity contribution in [2.75, 3.05) is 6.54 Å². The Balaban J connectivity index is 2.03. The van der Waals surface area contributed by atoms with Gasteiger partial charge in [0.2, 0.25) is 0 Å². The molecule has 0 amide bonds. The fourth-order valence-electron chi connectivity index (χ4n) is 2.01. The van der Waals surface area contributed by atoms with Gasteiger partial charge in [-0.3, -0.25) is 4.79 Å². The summed E-state index contributed by atoms with van der Waals surface area (Å²) in [7, 11) is 0. The summed E-state index contributed by atoms with van der Waals surface area (Å²) in [6, 6.07) is 16.0. The maximum Gasteiger partial charge on any atom is 0.181 e. The molecule has 0 saturated carbocycles. The van der Waals surface area contributed by atoms with Crippen LogP contribution in [0.1, 0.15) is 22.8 Å². The van der Waals surface area contributed by atoms with Crippen molar-refractivity contribution in [3.8, 4) is 0 Å². The summed E-state index contributed by atoms with van der Waals surface area (Å²) in [4.78, 5) is 12.2. The predicted octanol–water partition coefficient (Wildman–Crippen LogP) is 3.79. The molecular weight excluding hydrogens is 286 g/mol. The molecule has 0 N–H and O–H groups in total. The number of hydroxylamine groups is 1. The fraction of sp³-hybridized carbons (Fsp3) is 0.176. The fourth-order valence-corrected chi connectivity index (χ4v) is 2.13.